The van der Waals surface area contributed by atoms with Gasteiger partial charge in [-0.05, 0) is 20.3 Å². The Morgan fingerprint density at radius 2 is 1.11 bits per heavy atom. The van der Waals surface area contributed by atoms with Gasteiger partial charge in [-0.2, -0.15) is 0 Å². The molecule has 1 aromatic carbocycles. The molecule has 0 saturated carbocycles. The van der Waals surface area contributed by atoms with E-state index in [2.05, 4.69) is 19.2 Å². The number of hydrogen-bond donors (Lipinski definition) is 0. The highest BCUT2D eigenvalue weighted by atomic mass is 13.8. The highest BCUT2D eigenvalue weighted by Gasteiger charge is 1.77. The molecule has 0 bridgehead atoms. The van der Waals surface area contributed by atoms with Crippen molar-refractivity contribution in [2.45, 2.75) is 48.0 Å². The molecule has 0 heterocycles. The largest absolute Gasteiger partial charge is 0.0998 e. The van der Waals surface area contributed by atoms with Crippen LogP contribution in [0.4, 0.5) is 0 Å². The van der Waals surface area contributed by atoms with Crippen LogP contribution in [0.3, 0.4) is 0 Å². The van der Waals surface area contributed by atoms with Crippen molar-refractivity contribution in [1.29, 1.82) is 0 Å². The predicted molar refractivity (Wildman–Crippen MR) is 92.5 cm³/mol. The van der Waals surface area contributed by atoms with Gasteiger partial charge in [0.05, 0.1) is 0 Å². The molecule has 108 valence electrons. The fourth-order valence-corrected chi connectivity index (χ4v) is 0.846. The maximum atomic E-state index is 3.77. The van der Waals surface area contributed by atoms with E-state index in [0.29, 0.717) is 0 Å². The van der Waals surface area contributed by atoms with Crippen molar-refractivity contribution in [3.63, 3.8) is 0 Å². The van der Waals surface area contributed by atoms with E-state index in [1.165, 1.54) is 5.57 Å². The van der Waals surface area contributed by atoms with Crippen molar-refractivity contribution in [2.75, 3.05) is 0 Å². The summed E-state index contributed by atoms with van der Waals surface area (Å²) >= 11 is 0. The fourth-order valence-electron chi connectivity index (χ4n) is 0.846. The van der Waals surface area contributed by atoms with Gasteiger partial charge in [0.2, 0.25) is 0 Å². The fraction of sp³-hybridized carbons (Fsp3) is 0.368. The molecular weight excluding hydrogens is 228 g/mol. The first-order valence-corrected chi connectivity index (χ1v) is 7.09. The van der Waals surface area contributed by atoms with Gasteiger partial charge in [-0.15, -0.1) is 0 Å². The minimum Gasteiger partial charge on any atom is -0.0998 e. The van der Waals surface area contributed by atoms with Crippen LogP contribution in [-0.2, 0) is 0 Å². The van der Waals surface area contributed by atoms with Crippen LogP contribution in [-0.4, -0.2) is 0 Å². The Morgan fingerprint density at radius 3 is 1.32 bits per heavy atom. The standard InChI is InChI=1S/C9H14.C6H6.2C2H6/c1-8(2)6-5-7-9(3)4;1-2-4-6-5-3-1;2*1-2/h5-6H,1,3,7H2,2,4H3;1-6H;2*1-2H3/b6-5-;;;. The second-order valence-corrected chi connectivity index (χ2v) is 3.56. The number of hydrogen-bond acceptors (Lipinski definition) is 0. The Balaban J connectivity index is -0.000000221. The van der Waals surface area contributed by atoms with Crippen LogP contribution in [0.15, 0.2) is 72.9 Å². The van der Waals surface area contributed by atoms with Crippen LogP contribution in [0.1, 0.15) is 48.0 Å². The van der Waals surface area contributed by atoms with E-state index in [0.717, 1.165) is 12.0 Å². The third-order valence-corrected chi connectivity index (χ3v) is 1.54. The molecule has 0 N–H and O–H groups in total. The molecule has 0 saturated heterocycles. The first kappa shape index (κ1) is 22.6. The molecule has 1 aromatic rings. The lowest BCUT2D eigenvalue weighted by Crippen LogP contribution is -1.67. The predicted octanol–water partition coefficient (Wildman–Crippen LogP) is 6.82. The summed E-state index contributed by atoms with van der Waals surface area (Å²) in [4.78, 5) is 0. The van der Waals surface area contributed by atoms with E-state index in [4.69, 9.17) is 0 Å². The number of allylic oxidation sites excluding steroid dienone is 4. The first-order chi connectivity index (χ1) is 9.13. The third-order valence-electron chi connectivity index (χ3n) is 1.54. The summed E-state index contributed by atoms with van der Waals surface area (Å²) in [5.74, 6) is 0. The zero-order valence-corrected chi connectivity index (χ0v) is 13.7. The number of rotatable bonds is 3. The molecule has 0 amide bonds. The van der Waals surface area contributed by atoms with E-state index in [-0.39, 0.29) is 0 Å². The zero-order valence-electron chi connectivity index (χ0n) is 13.7. The molecule has 0 aromatic heterocycles. The van der Waals surface area contributed by atoms with Crippen molar-refractivity contribution in [3.8, 4) is 0 Å². The molecule has 0 fully saturated rings. The molecule has 0 nitrogen and oxygen atoms in total. The summed E-state index contributed by atoms with van der Waals surface area (Å²) in [6.45, 7) is 19.5. The minimum absolute atomic E-state index is 0.965. The van der Waals surface area contributed by atoms with Crippen LogP contribution < -0.4 is 0 Å². The summed E-state index contributed by atoms with van der Waals surface area (Å²) in [7, 11) is 0. The SMILES string of the molecule is C=C(C)/C=C\CC(=C)C.CC.CC.c1ccccc1. The van der Waals surface area contributed by atoms with E-state index >= 15 is 0 Å². The Hall–Kier alpha value is -1.56. The van der Waals surface area contributed by atoms with Gasteiger partial charge in [0, 0.05) is 0 Å². The lowest BCUT2D eigenvalue weighted by atomic mass is 10.2. The van der Waals surface area contributed by atoms with Gasteiger partial charge >= 0.3 is 0 Å². The van der Waals surface area contributed by atoms with E-state index < -0.39 is 0 Å². The highest BCUT2D eigenvalue weighted by Crippen LogP contribution is 1.98. The van der Waals surface area contributed by atoms with Crippen LogP contribution in [0.5, 0.6) is 0 Å². The summed E-state index contributed by atoms with van der Waals surface area (Å²) in [6.07, 6.45) is 5.05. The summed E-state index contributed by atoms with van der Waals surface area (Å²) in [5, 5.41) is 0. The van der Waals surface area contributed by atoms with Gasteiger partial charge in [-0.3, -0.25) is 0 Å². The van der Waals surface area contributed by atoms with Crippen molar-refractivity contribution in [1.82, 2.24) is 0 Å². The van der Waals surface area contributed by atoms with Gasteiger partial charge < -0.3 is 0 Å². The maximum Gasteiger partial charge on any atom is -0.0141 e. The molecule has 0 radical (unpaired) electrons. The Morgan fingerprint density at radius 1 is 0.789 bits per heavy atom. The molecule has 19 heavy (non-hydrogen) atoms. The summed E-state index contributed by atoms with van der Waals surface area (Å²) in [5.41, 5.74) is 2.28. The molecule has 0 aliphatic heterocycles. The van der Waals surface area contributed by atoms with Crippen LogP contribution in [0.2, 0.25) is 0 Å². The molecule has 0 spiro atoms. The molecule has 0 unspecified atom stereocenters. The van der Waals surface area contributed by atoms with E-state index in [1.54, 1.807) is 0 Å². The first-order valence-electron chi connectivity index (χ1n) is 7.09. The van der Waals surface area contributed by atoms with Crippen LogP contribution in [0.25, 0.3) is 0 Å². The lowest BCUT2D eigenvalue weighted by molar-refractivity contribution is 1.22. The monoisotopic (exact) mass is 260 g/mol. The molecule has 1 rings (SSSR count). The quantitative estimate of drug-likeness (QED) is 0.413. The van der Waals surface area contributed by atoms with Gasteiger partial charge in [-0.1, -0.05) is 101 Å². The highest BCUT2D eigenvalue weighted by molar-refractivity contribution is 5.13. The molecule has 0 atom stereocenters. The minimum atomic E-state index is 0.965. The maximum absolute atomic E-state index is 3.77. The summed E-state index contributed by atoms with van der Waals surface area (Å²) < 4.78 is 0. The van der Waals surface area contributed by atoms with Crippen molar-refractivity contribution >= 4 is 0 Å². The average molecular weight is 260 g/mol. The molecule has 0 aliphatic rings. The topological polar surface area (TPSA) is 0 Å². The Labute approximate surface area is 121 Å². The van der Waals surface area contributed by atoms with Crippen LogP contribution in [0, 0.1) is 0 Å². The number of benzene rings is 1. The van der Waals surface area contributed by atoms with Gasteiger partial charge in [0.25, 0.3) is 0 Å². The normalized spacial score (nSPS) is 7.89. The Bertz CT molecular complexity index is 277. The van der Waals surface area contributed by atoms with E-state index in [1.807, 2.05) is 84.0 Å². The second-order valence-electron chi connectivity index (χ2n) is 3.56. The van der Waals surface area contributed by atoms with Crippen molar-refractivity contribution in [2.24, 2.45) is 0 Å². The van der Waals surface area contributed by atoms with E-state index in [9.17, 15) is 0 Å². The third kappa shape index (κ3) is 31.5. The van der Waals surface area contributed by atoms with Crippen LogP contribution >= 0.6 is 0 Å². The lowest BCUT2D eigenvalue weighted by Gasteiger charge is -1.88. The van der Waals surface area contributed by atoms with Gasteiger partial charge in [0.15, 0.2) is 0 Å². The molecular formula is C19H32. The van der Waals surface area contributed by atoms with Gasteiger partial charge in [-0.25, -0.2) is 0 Å². The second kappa shape index (κ2) is 21.7. The molecule has 0 heteroatoms. The average Bonchev–Trinajstić information content (AvgIpc) is 2.45. The molecule has 0 aliphatic carbocycles. The smallest absolute Gasteiger partial charge is 0.0141 e. The zero-order chi connectivity index (χ0) is 15.5. The Kier molecular flexibility index (Phi) is 25.8. The van der Waals surface area contributed by atoms with Crippen molar-refractivity contribution in [3.05, 3.63) is 72.9 Å². The van der Waals surface area contributed by atoms with Crippen molar-refractivity contribution < 1.29 is 0 Å². The summed E-state index contributed by atoms with van der Waals surface area (Å²) in [6, 6.07) is 12.0. The van der Waals surface area contributed by atoms with Gasteiger partial charge in [0.1, 0.15) is 0 Å².